The van der Waals surface area contributed by atoms with E-state index in [1.807, 2.05) is 45.0 Å². The molecule has 0 spiro atoms. The van der Waals surface area contributed by atoms with Crippen LogP contribution in [-0.2, 0) is 19.1 Å². The van der Waals surface area contributed by atoms with Gasteiger partial charge < -0.3 is 29.7 Å². The molecule has 10 heteroatoms. The summed E-state index contributed by atoms with van der Waals surface area (Å²) >= 11 is 0. The van der Waals surface area contributed by atoms with Crippen LogP contribution in [0.1, 0.15) is 56.8 Å². The molecule has 1 aromatic carbocycles. The van der Waals surface area contributed by atoms with Crippen LogP contribution in [0.5, 0.6) is 0 Å². The molecule has 4 rings (SSSR count). The van der Waals surface area contributed by atoms with Gasteiger partial charge in [0.05, 0.1) is 12.6 Å². The lowest BCUT2D eigenvalue weighted by Crippen LogP contribution is -2.47. The first-order valence-electron chi connectivity index (χ1n) is 15.1. The maximum absolute atomic E-state index is 13.2. The van der Waals surface area contributed by atoms with E-state index in [9.17, 15) is 19.2 Å². The Hall–Kier alpha value is -2.98. The topological polar surface area (TPSA) is 102 Å². The lowest BCUT2D eigenvalue weighted by Gasteiger charge is -2.34. The summed E-state index contributed by atoms with van der Waals surface area (Å²) in [5.41, 5.74) is 1.76. The molecule has 10 nitrogen and oxygen atoms in total. The number of ether oxygens (including phenoxy) is 1. The van der Waals surface area contributed by atoms with E-state index in [1.54, 1.807) is 9.80 Å². The van der Waals surface area contributed by atoms with Gasteiger partial charge >= 0.3 is 0 Å². The number of fused-ring (bicyclic) bond motifs is 1. The molecule has 3 amide bonds. The zero-order valence-corrected chi connectivity index (χ0v) is 25.3. The Morgan fingerprint density at radius 2 is 1.71 bits per heavy atom. The monoisotopic (exact) mass is 569 g/mol. The minimum absolute atomic E-state index is 0.0339. The molecule has 3 aliphatic heterocycles. The number of amides is 3. The third-order valence-corrected chi connectivity index (χ3v) is 9.13. The summed E-state index contributed by atoms with van der Waals surface area (Å²) in [7, 11) is 3.66. The number of hydrogen-bond acceptors (Lipinski definition) is 7. The van der Waals surface area contributed by atoms with Gasteiger partial charge in [-0.3, -0.25) is 19.2 Å². The lowest BCUT2D eigenvalue weighted by atomic mass is 10.00. The highest BCUT2D eigenvalue weighted by Gasteiger charge is 2.52. The van der Waals surface area contributed by atoms with Crippen molar-refractivity contribution < 1.29 is 23.9 Å². The van der Waals surface area contributed by atoms with E-state index in [-0.39, 0.29) is 47.9 Å². The molecule has 3 heterocycles. The van der Waals surface area contributed by atoms with Crippen LogP contribution in [0, 0.1) is 11.8 Å². The smallest absolute Gasteiger partial charge is 0.252 e. The number of carbonyl (C=O) groups excluding carboxylic acids is 4. The number of Topliss-reactive ketones (excluding diaryl/α,β-unsaturated/α-hetero) is 1. The van der Waals surface area contributed by atoms with Gasteiger partial charge in [0.25, 0.3) is 11.8 Å². The van der Waals surface area contributed by atoms with Crippen LogP contribution in [0.15, 0.2) is 24.3 Å². The second-order valence-electron chi connectivity index (χ2n) is 12.1. The molecule has 5 atom stereocenters. The van der Waals surface area contributed by atoms with Gasteiger partial charge in [-0.05, 0) is 56.0 Å². The first-order chi connectivity index (χ1) is 19.6. The fraction of sp³-hybridized carbons (Fsp3) is 0.677. The average molecular weight is 570 g/mol. The number of ketones is 1. The van der Waals surface area contributed by atoms with Crippen molar-refractivity contribution in [2.24, 2.45) is 11.8 Å². The van der Waals surface area contributed by atoms with Crippen LogP contribution in [0.3, 0.4) is 0 Å². The Morgan fingerprint density at radius 3 is 2.34 bits per heavy atom. The number of hydrogen-bond donors (Lipinski definition) is 1. The first-order valence-corrected chi connectivity index (χ1v) is 15.1. The van der Waals surface area contributed by atoms with Gasteiger partial charge in [-0.25, -0.2) is 0 Å². The maximum Gasteiger partial charge on any atom is 0.252 e. The maximum atomic E-state index is 13.2. The molecule has 0 radical (unpaired) electrons. The fourth-order valence-corrected chi connectivity index (χ4v) is 6.28. The molecule has 3 fully saturated rings. The minimum Gasteiger partial charge on any atom is -0.371 e. The molecule has 0 aromatic heterocycles. The zero-order valence-electron chi connectivity index (χ0n) is 25.3. The van der Waals surface area contributed by atoms with E-state index in [0.29, 0.717) is 37.9 Å². The Morgan fingerprint density at radius 1 is 1.02 bits per heavy atom. The summed E-state index contributed by atoms with van der Waals surface area (Å²) in [5, 5.41) is 2.98. The van der Waals surface area contributed by atoms with Crippen molar-refractivity contribution in [3.63, 3.8) is 0 Å². The molecular weight excluding hydrogens is 522 g/mol. The highest BCUT2D eigenvalue weighted by molar-refractivity contribution is 5.98. The standard InChI is InChI=1S/C31H47N5O5/c1-6-22(3)29(41-5)31(40)36-20-26(37)28-25(36)12-14-35(28)27(38)19-21(2)11-13-32-30(39)23-7-9-24(10-8-23)34-17-15-33(4)16-18-34/h7-10,21-22,25,28-29H,6,11-20H2,1-5H3,(H,32,39). The molecule has 0 aliphatic carbocycles. The van der Waals surface area contributed by atoms with Crippen molar-refractivity contribution in [2.75, 3.05) is 64.9 Å². The molecule has 3 aliphatic rings. The van der Waals surface area contributed by atoms with E-state index >= 15 is 0 Å². The van der Waals surface area contributed by atoms with Gasteiger partial charge in [0, 0.05) is 64.0 Å². The number of likely N-dealkylation sites (tertiary alicyclic amines) is 2. The Balaban J connectivity index is 1.23. The minimum atomic E-state index is -0.582. The molecule has 0 bridgehead atoms. The molecule has 0 saturated carbocycles. The van der Waals surface area contributed by atoms with Gasteiger partial charge in [0.2, 0.25) is 5.91 Å². The highest BCUT2D eigenvalue weighted by Crippen LogP contribution is 2.32. The second kappa shape index (κ2) is 13.8. The fourth-order valence-electron chi connectivity index (χ4n) is 6.28. The molecule has 1 aromatic rings. The van der Waals surface area contributed by atoms with Crippen LogP contribution >= 0.6 is 0 Å². The van der Waals surface area contributed by atoms with Crippen molar-refractivity contribution in [3.05, 3.63) is 29.8 Å². The highest BCUT2D eigenvalue weighted by atomic mass is 16.5. The third kappa shape index (κ3) is 7.09. The van der Waals surface area contributed by atoms with Gasteiger partial charge in [0.1, 0.15) is 12.1 Å². The van der Waals surface area contributed by atoms with Gasteiger partial charge in [-0.2, -0.15) is 0 Å². The van der Waals surface area contributed by atoms with E-state index < -0.39 is 12.1 Å². The van der Waals surface area contributed by atoms with Gasteiger partial charge in [-0.1, -0.05) is 27.2 Å². The summed E-state index contributed by atoms with van der Waals surface area (Å²) in [6, 6.07) is 6.89. The molecule has 1 N–H and O–H groups in total. The zero-order chi connectivity index (χ0) is 29.7. The summed E-state index contributed by atoms with van der Waals surface area (Å²) in [6.07, 6.45) is 1.77. The number of nitrogens with zero attached hydrogens (tertiary/aromatic N) is 4. The summed E-state index contributed by atoms with van der Waals surface area (Å²) in [4.78, 5) is 60.0. The van der Waals surface area contributed by atoms with Crippen molar-refractivity contribution in [2.45, 2.75) is 64.6 Å². The Kier molecular flexibility index (Phi) is 10.4. The SMILES string of the molecule is CCC(C)C(OC)C(=O)N1CC(=O)C2C1CCN2C(=O)CC(C)CCNC(=O)c1ccc(N2CCN(C)CC2)cc1. The van der Waals surface area contributed by atoms with Crippen LogP contribution in [0.25, 0.3) is 0 Å². The quantitative estimate of drug-likeness (QED) is 0.435. The van der Waals surface area contributed by atoms with Crippen LogP contribution in [0.2, 0.25) is 0 Å². The molecule has 5 unspecified atom stereocenters. The van der Waals surface area contributed by atoms with E-state index in [1.165, 1.54) is 7.11 Å². The number of rotatable bonds is 11. The number of likely N-dealkylation sites (N-methyl/N-ethyl adjacent to an activating group) is 1. The first kappa shape index (κ1) is 31.0. The lowest BCUT2D eigenvalue weighted by molar-refractivity contribution is -0.146. The molecule has 41 heavy (non-hydrogen) atoms. The van der Waals surface area contributed by atoms with Crippen LogP contribution < -0.4 is 10.2 Å². The predicted molar refractivity (Wildman–Crippen MR) is 158 cm³/mol. The molecule has 3 saturated heterocycles. The van der Waals surface area contributed by atoms with Gasteiger partial charge in [0.15, 0.2) is 5.78 Å². The average Bonchev–Trinajstić information content (AvgIpc) is 3.55. The van der Waals surface area contributed by atoms with Crippen molar-refractivity contribution in [1.82, 2.24) is 20.0 Å². The van der Waals surface area contributed by atoms with Crippen molar-refractivity contribution >= 4 is 29.2 Å². The predicted octanol–water partition coefficient (Wildman–Crippen LogP) is 2.03. The summed E-state index contributed by atoms with van der Waals surface area (Å²) in [6.45, 7) is 11.0. The number of piperazine rings is 1. The normalized spacial score (nSPS) is 23.3. The number of carbonyl (C=O) groups is 4. The van der Waals surface area contributed by atoms with E-state index in [2.05, 4.69) is 22.2 Å². The van der Waals surface area contributed by atoms with Crippen molar-refractivity contribution in [1.29, 1.82) is 0 Å². The van der Waals surface area contributed by atoms with Gasteiger partial charge in [-0.15, -0.1) is 0 Å². The molecular formula is C31H47N5O5. The second-order valence-corrected chi connectivity index (χ2v) is 12.1. The Labute approximate surface area is 244 Å². The number of anilines is 1. The van der Waals surface area contributed by atoms with Crippen LogP contribution in [-0.4, -0.2) is 116 Å². The van der Waals surface area contributed by atoms with E-state index in [4.69, 9.17) is 4.74 Å². The van der Waals surface area contributed by atoms with Crippen molar-refractivity contribution in [3.8, 4) is 0 Å². The Bertz CT molecular complexity index is 1090. The molecule has 226 valence electrons. The number of benzene rings is 1. The number of methoxy groups -OCH3 is 1. The largest absolute Gasteiger partial charge is 0.371 e. The summed E-state index contributed by atoms with van der Waals surface area (Å²) < 4.78 is 5.49. The summed E-state index contributed by atoms with van der Waals surface area (Å²) in [5.74, 6) is -0.336. The number of nitrogens with one attached hydrogen (secondary N) is 1. The van der Waals surface area contributed by atoms with E-state index in [0.717, 1.165) is 38.3 Å². The third-order valence-electron chi connectivity index (χ3n) is 9.13. The van der Waals surface area contributed by atoms with Crippen LogP contribution in [0.4, 0.5) is 5.69 Å².